The van der Waals surface area contributed by atoms with E-state index in [2.05, 4.69) is 73.5 Å². The maximum Gasteiger partial charge on any atom is 0.244 e. The highest BCUT2D eigenvalue weighted by atomic mass is 16.2. The van der Waals surface area contributed by atoms with Gasteiger partial charge in [0.2, 0.25) is 5.91 Å². The van der Waals surface area contributed by atoms with Crippen LogP contribution < -0.4 is 5.32 Å². The number of benzene rings is 2. The molecule has 2 aromatic carbocycles. The summed E-state index contributed by atoms with van der Waals surface area (Å²) in [6, 6.07) is 15.2. The summed E-state index contributed by atoms with van der Waals surface area (Å²) < 4.78 is 0. The molecule has 1 atom stereocenters. The van der Waals surface area contributed by atoms with Crippen LogP contribution in [0, 0.1) is 13.8 Å². The van der Waals surface area contributed by atoms with Crippen LogP contribution in [-0.4, -0.2) is 54.5 Å². The lowest BCUT2D eigenvalue weighted by atomic mass is 9.89. The lowest BCUT2D eigenvalue weighted by Crippen LogP contribution is -2.64. The molecule has 4 heteroatoms. The maximum absolute atomic E-state index is 14.1. The summed E-state index contributed by atoms with van der Waals surface area (Å²) in [6.07, 6.45) is 1.62. The average molecular weight is 392 g/mol. The molecule has 2 aromatic rings. The second-order valence-corrected chi connectivity index (χ2v) is 8.90. The molecule has 0 radical (unpaired) electrons. The van der Waals surface area contributed by atoms with Crippen LogP contribution >= 0.6 is 0 Å². The third kappa shape index (κ3) is 3.72. The molecule has 1 amide bonds. The molecule has 154 valence electrons. The van der Waals surface area contributed by atoms with E-state index in [0.717, 1.165) is 39.0 Å². The molecule has 1 saturated heterocycles. The average Bonchev–Trinajstić information content (AvgIpc) is 3.13. The lowest BCUT2D eigenvalue weighted by Gasteiger charge is -2.45. The minimum absolute atomic E-state index is 0.0459. The van der Waals surface area contributed by atoms with E-state index < -0.39 is 5.54 Å². The number of rotatable bonds is 4. The van der Waals surface area contributed by atoms with Crippen molar-refractivity contribution in [2.24, 2.45) is 0 Å². The van der Waals surface area contributed by atoms with Crippen molar-refractivity contribution in [1.29, 1.82) is 0 Å². The Morgan fingerprint density at radius 2 is 1.59 bits per heavy atom. The molecule has 29 heavy (non-hydrogen) atoms. The van der Waals surface area contributed by atoms with Crippen molar-refractivity contribution in [1.82, 2.24) is 15.1 Å². The predicted octanol–water partition coefficient (Wildman–Crippen LogP) is 3.27. The Bertz CT molecular complexity index is 855. The second kappa shape index (κ2) is 7.92. The molecular formula is C25H33N3O. The molecule has 2 aliphatic rings. The van der Waals surface area contributed by atoms with Gasteiger partial charge in [-0.15, -0.1) is 0 Å². The van der Waals surface area contributed by atoms with Crippen LogP contribution in [0.4, 0.5) is 0 Å². The summed E-state index contributed by atoms with van der Waals surface area (Å²) >= 11 is 0. The zero-order valence-corrected chi connectivity index (χ0v) is 18.2. The van der Waals surface area contributed by atoms with Gasteiger partial charge in [-0.3, -0.25) is 9.69 Å². The fourth-order valence-electron chi connectivity index (χ4n) is 5.18. The zero-order valence-electron chi connectivity index (χ0n) is 18.2. The molecule has 0 unspecified atom stereocenters. The lowest BCUT2D eigenvalue weighted by molar-refractivity contribution is -0.145. The fourth-order valence-corrected chi connectivity index (χ4v) is 5.18. The van der Waals surface area contributed by atoms with Gasteiger partial charge in [0.15, 0.2) is 0 Å². The number of amides is 1. The molecule has 1 N–H and O–H groups in total. The number of carbonyl (C=O) groups is 1. The summed E-state index contributed by atoms with van der Waals surface area (Å²) in [6.45, 7) is 10.1. The first-order valence-corrected chi connectivity index (χ1v) is 10.8. The molecule has 4 nitrogen and oxygen atoms in total. The first-order valence-electron chi connectivity index (χ1n) is 10.8. The summed E-state index contributed by atoms with van der Waals surface area (Å²) in [5.41, 5.74) is 5.90. The molecular weight excluding hydrogens is 358 g/mol. The van der Waals surface area contributed by atoms with E-state index in [-0.39, 0.29) is 11.9 Å². The predicted molar refractivity (Wildman–Crippen MR) is 118 cm³/mol. The van der Waals surface area contributed by atoms with E-state index in [1.807, 2.05) is 11.9 Å². The summed E-state index contributed by atoms with van der Waals surface area (Å²) in [5, 5.41) is 3.44. The Labute approximate surface area is 174 Å². The number of fused-ring (bicyclic) bond motifs is 1. The quantitative estimate of drug-likeness (QED) is 0.869. The number of likely N-dealkylation sites (N-methyl/N-ethyl adjacent to an activating group) is 1. The third-order valence-corrected chi connectivity index (χ3v) is 6.83. The van der Waals surface area contributed by atoms with Gasteiger partial charge in [0.1, 0.15) is 5.54 Å². The molecule has 0 bridgehead atoms. The van der Waals surface area contributed by atoms with E-state index in [4.69, 9.17) is 0 Å². The third-order valence-electron chi connectivity index (χ3n) is 6.83. The van der Waals surface area contributed by atoms with E-state index in [1.54, 1.807) is 0 Å². The standard InChI is InChI=1S/C25H33N3O/c1-18-13-19(2)15-23(14-18)20(3)27(4)24(29)25(28-11-9-26-10-12-28)16-21-7-5-6-8-22(21)17-25/h5-8,13-15,20,26H,9-12,16-17H2,1-4H3/t20-/m1/s1. The number of hydrogen-bond acceptors (Lipinski definition) is 3. The molecule has 1 aliphatic heterocycles. The van der Waals surface area contributed by atoms with Crippen LogP contribution in [0.1, 0.15) is 40.8 Å². The first kappa shape index (κ1) is 20.1. The number of carbonyl (C=O) groups excluding carboxylic acids is 1. The SMILES string of the molecule is Cc1cc(C)cc([C@@H](C)N(C)C(=O)C2(N3CCNCC3)Cc3ccccc3C2)c1. The highest BCUT2D eigenvalue weighted by Gasteiger charge is 2.50. The topological polar surface area (TPSA) is 35.6 Å². The van der Waals surface area contributed by atoms with Gasteiger partial charge in [0.05, 0.1) is 6.04 Å². The van der Waals surface area contributed by atoms with Gasteiger partial charge in [-0.05, 0) is 37.5 Å². The van der Waals surface area contributed by atoms with E-state index >= 15 is 0 Å². The number of nitrogens with zero attached hydrogens (tertiary/aromatic N) is 2. The summed E-state index contributed by atoms with van der Waals surface area (Å²) in [4.78, 5) is 18.5. The number of aryl methyl sites for hydroxylation is 2. The second-order valence-electron chi connectivity index (χ2n) is 8.90. The number of hydrogen-bond donors (Lipinski definition) is 1. The molecule has 1 aliphatic carbocycles. The van der Waals surface area contributed by atoms with Crippen molar-refractivity contribution >= 4 is 5.91 Å². The Morgan fingerprint density at radius 3 is 2.14 bits per heavy atom. The fraction of sp³-hybridized carbons (Fsp3) is 0.480. The zero-order chi connectivity index (χ0) is 20.6. The van der Waals surface area contributed by atoms with Crippen LogP contribution in [0.3, 0.4) is 0 Å². The Morgan fingerprint density at radius 1 is 1.03 bits per heavy atom. The number of nitrogens with one attached hydrogen (secondary N) is 1. The summed E-state index contributed by atoms with van der Waals surface area (Å²) in [5.74, 6) is 0.252. The Kier molecular flexibility index (Phi) is 5.50. The van der Waals surface area contributed by atoms with Crippen LogP contribution in [-0.2, 0) is 17.6 Å². The minimum Gasteiger partial charge on any atom is -0.337 e. The van der Waals surface area contributed by atoms with Crippen molar-refractivity contribution in [3.8, 4) is 0 Å². The number of piperazine rings is 1. The van der Waals surface area contributed by atoms with Crippen molar-refractivity contribution in [2.45, 2.75) is 45.2 Å². The van der Waals surface area contributed by atoms with E-state index in [0.29, 0.717) is 0 Å². The highest BCUT2D eigenvalue weighted by Crippen LogP contribution is 2.38. The van der Waals surface area contributed by atoms with Crippen molar-refractivity contribution in [2.75, 3.05) is 33.2 Å². The van der Waals surface area contributed by atoms with E-state index in [1.165, 1.54) is 27.8 Å². The van der Waals surface area contributed by atoms with E-state index in [9.17, 15) is 4.79 Å². The van der Waals surface area contributed by atoms with Crippen molar-refractivity contribution in [3.05, 3.63) is 70.3 Å². The monoisotopic (exact) mass is 391 g/mol. The molecule has 1 heterocycles. The van der Waals surface area contributed by atoms with Gasteiger partial charge in [-0.25, -0.2) is 0 Å². The summed E-state index contributed by atoms with van der Waals surface area (Å²) in [7, 11) is 1.98. The van der Waals surface area contributed by atoms with Crippen LogP contribution in [0.2, 0.25) is 0 Å². The largest absolute Gasteiger partial charge is 0.337 e. The minimum atomic E-state index is -0.465. The van der Waals surface area contributed by atoms with Crippen LogP contribution in [0.25, 0.3) is 0 Å². The molecule has 0 saturated carbocycles. The molecule has 1 fully saturated rings. The smallest absolute Gasteiger partial charge is 0.244 e. The Hall–Kier alpha value is -2.17. The van der Waals surface area contributed by atoms with Crippen molar-refractivity contribution in [3.63, 3.8) is 0 Å². The van der Waals surface area contributed by atoms with Gasteiger partial charge in [0.25, 0.3) is 0 Å². The maximum atomic E-state index is 14.1. The van der Waals surface area contributed by atoms with Gasteiger partial charge in [0, 0.05) is 46.1 Å². The van der Waals surface area contributed by atoms with Gasteiger partial charge >= 0.3 is 0 Å². The molecule has 0 spiro atoms. The van der Waals surface area contributed by atoms with Crippen molar-refractivity contribution < 1.29 is 4.79 Å². The normalized spacial score (nSPS) is 19.6. The highest BCUT2D eigenvalue weighted by molar-refractivity contribution is 5.88. The van der Waals surface area contributed by atoms with Gasteiger partial charge in [-0.1, -0.05) is 53.6 Å². The Balaban J connectivity index is 1.66. The first-order chi connectivity index (χ1) is 13.9. The van der Waals surface area contributed by atoms with Gasteiger partial charge < -0.3 is 10.2 Å². The molecule has 0 aromatic heterocycles. The molecule has 4 rings (SSSR count). The van der Waals surface area contributed by atoms with Crippen LogP contribution in [0.15, 0.2) is 42.5 Å². The van der Waals surface area contributed by atoms with Crippen LogP contribution in [0.5, 0.6) is 0 Å². The van der Waals surface area contributed by atoms with Gasteiger partial charge in [-0.2, -0.15) is 0 Å².